The van der Waals surface area contributed by atoms with E-state index in [0.29, 0.717) is 18.1 Å². The van der Waals surface area contributed by atoms with Gasteiger partial charge in [0.1, 0.15) is 6.04 Å². The summed E-state index contributed by atoms with van der Waals surface area (Å²) in [5.74, 6) is 0.604. The Kier molecular flexibility index (Phi) is 6.42. The third-order valence-electron chi connectivity index (χ3n) is 2.77. The van der Waals surface area contributed by atoms with Crippen molar-refractivity contribution in [2.45, 2.75) is 31.6 Å². The third kappa shape index (κ3) is 5.34. The Hall–Kier alpha value is -1.49. The summed E-state index contributed by atoms with van der Waals surface area (Å²) in [5, 5.41) is 11.2. The van der Waals surface area contributed by atoms with Gasteiger partial charge in [0.2, 0.25) is 6.41 Å². The van der Waals surface area contributed by atoms with Crippen molar-refractivity contribution in [1.82, 2.24) is 5.32 Å². The number of hydrogen-bond acceptors (Lipinski definition) is 3. The Bertz CT molecular complexity index is 417. The molecule has 0 aliphatic carbocycles. The van der Waals surface area contributed by atoms with Gasteiger partial charge in [-0.3, -0.25) is 4.79 Å². The van der Waals surface area contributed by atoms with Crippen LogP contribution in [0.25, 0.3) is 0 Å². The Morgan fingerprint density at radius 3 is 2.47 bits per heavy atom. The second kappa shape index (κ2) is 7.84. The highest BCUT2D eigenvalue weighted by Crippen LogP contribution is 2.18. The van der Waals surface area contributed by atoms with Crippen LogP contribution < -0.4 is 5.32 Å². The fraction of sp³-hybridized carbons (Fsp3) is 0.429. The molecule has 19 heavy (non-hydrogen) atoms. The van der Waals surface area contributed by atoms with Gasteiger partial charge in [0.05, 0.1) is 0 Å². The van der Waals surface area contributed by atoms with Crippen molar-refractivity contribution in [3.8, 4) is 0 Å². The Morgan fingerprint density at radius 1 is 1.37 bits per heavy atom. The van der Waals surface area contributed by atoms with Gasteiger partial charge in [-0.05, 0) is 17.0 Å². The fourth-order valence-electron chi connectivity index (χ4n) is 1.57. The molecule has 1 amide bonds. The van der Waals surface area contributed by atoms with Crippen LogP contribution in [0.15, 0.2) is 24.3 Å². The summed E-state index contributed by atoms with van der Waals surface area (Å²) in [5.41, 5.74) is 2.45. The molecular weight excluding hydrogens is 262 g/mol. The van der Waals surface area contributed by atoms with Crippen LogP contribution in [-0.2, 0) is 15.3 Å². The first-order valence-corrected chi connectivity index (χ1v) is 7.29. The molecule has 1 aromatic carbocycles. The van der Waals surface area contributed by atoms with Gasteiger partial charge >= 0.3 is 5.97 Å². The molecule has 0 saturated carbocycles. The molecule has 0 aliphatic rings. The maximum absolute atomic E-state index is 10.8. The van der Waals surface area contributed by atoms with Crippen molar-refractivity contribution in [3.63, 3.8) is 0 Å². The number of benzene rings is 1. The summed E-state index contributed by atoms with van der Waals surface area (Å²) < 4.78 is 0. The van der Waals surface area contributed by atoms with E-state index in [4.69, 9.17) is 5.11 Å². The average Bonchev–Trinajstić information content (AvgIpc) is 2.38. The van der Waals surface area contributed by atoms with Crippen LogP contribution in [0.5, 0.6) is 0 Å². The Labute approximate surface area is 117 Å². The number of hydrogen-bond donors (Lipinski definition) is 2. The highest BCUT2D eigenvalue weighted by molar-refractivity contribution is 7.98. The van der Waals surface area contributed by atoms with Gasteiger partial charge in [0.25, 0.3) is 0 Å². The van der Waals surface area contributed by atoms with Crippen LogP contribution >= 0.6 is 11.8 Å². The van der Waals surface area contributed by atoms with Crippen molar-refractivity contribution >= 4 is 24.1 Å². The van der Waals surface area contributed by atoms with Crippen molar-refractivity contribution < 1.29 is 14.7 Å². The van der Waals surface area contributed by atoms with E-state index in [2.05, 4.69) is 43.4 Å². The summed E-state index contributed by atoms with van der Waals surface area (Å²) in [6.45, 7) is 4.29. The van der Waals surface area contributed by atoms with Crippen LogP contribution in [0.3, 0.4) is 0 Å². The molecule has 4 nitrogen and oxygen atoms in total. The van der Waals surface area contributed by atoms with E-state index in [1.807, 2.05) is 0 Å². The summed E-state index contributed by atoms with van der Waals surface area (Å²) in [4.78, 5) is 21.1. The predicted octanol–water partition coefficient (Wildman–Crippen LogP) is 2.24. The molecule has 0 heterocycles. The molecule has 2 N–H and O–H groups in total. The van der Waals surface area contributed by atoms with E-state index in [0.717, 1.165) is 11.3 Å². The first-order valence-electron chi connectivity index (χ1n) is 6.13. The second-order valence-corrected chi connectivity index (χ2v) is 5.62. The smallest absolute Gasteiger partial charge is 0.327 e. The van der Waals surface area contributed by atoms with E-state index in [-0.39, 0.29) is 0 Å². The molecule has 0 fully saturated rings. The molecule has 5 heteroatoms. The SMILES string of the molecule is CC(C)c1ccc(CSCC(NC=O)C(=O)O)cc1. The molecule has 0 aromatic heterocycles. The number of aliphatic carboxylic acids is 1. The van der Waals surface area contributed by atoms with E-state index < -0.39 is 12.0 Å². The number of carboxylic acid groups (broad SMARTS) is 1. The van der Waals surface area contributed by atoms with Gasteiger partial charge in [-0.1, -0.05) is 38.1 Å². The van der Waals surface area contributed by atoms with Gasteiger partial charge < -0.3 is 10.4 Å². The molecule has 1 aromatic rings. The average molecular weight is 281 g/mol. The molecule has 1 atom stereocenters. The lowest BCUT2D eigenvalue weighted by atomic mass is 10.0. The largest absolute Gasteiger partial charge is 0.480 e. The van der Waals surface area contributed by atoms with Crippen LogP contribution in [0.1, 0.15) is 30.9 Å². The quantitative estimate of drug-likeness (QED) is 0.717. The summed E-state index contributed by atoms with van der Waals surface area (Å²) in [6.07, 6.45) is 0.427. The van der Waals surface area contributed by atoms with Crippen molar-refractivity contribution in [3.05, 3.63) is 35.4 Å². The van der Waals surface area contributed by atoms with Gasteiger partial charge in [0.15, 0.2) is 0 Å². The standard InChI is InChI=1S/C14H19NO3S/c1-10(2)12-5-3-11(4-6-12)7-19-8-13(14(17)18)15-9-16/h3-6,9-10,13H,7-8H2,1-2H3,(H,15,16)(H,17,18). The monoisotopic (exact) mass is 281 g/mol. The normalized spacial score (nSPS) is 12.2. The molecular formula is C14H19NO3S. The minimum Gasteiger partial charge on any atom is -0.480 e. The van der Waals surface area contributed by atoms with Crippen LogP contribution in [0, 0.1) is 0 Å². The second-order valence-electron chi connectivity index (χ2n) is 4.59. The zero-order chi connectivity index (χ0) is 14.3. The number of carbonyl (C=O) groups is 2. The highest BCUT2D eigenvalue weighted by atomic mass is 32.2. The lowest BCUT2D eigenvalue weighted by Crippen LogP contribution is -2.37. The van der Waals surface area contributed by atoms with E-state index >= 15 is 0 Å². The van der Waals surface area contributed by atoms with Gasteiger partial charge in [-0.15, -0.1) is 0 Å². The molecule has 1 unspecified atom stereocenters. The van der Waals surface area contributed by atoms with Gasteiger partial charge in [-0.2, -0.15) is 11.8 Å². The van der Waals surface area contributed by atoms with Crippen molar-refractivity contribution in [2.75, 3.05) is 5.75 Å². The fourth-order valence-corrected chi connectivity index (χ4v) is 2.59. The molecule has 0 saturated heterocycles. The van der Waals surface area contributed by atoms with E-state index in [9.17, 15) is 9.59 Å². The molecule has 0 radical (unpaired) electrons. The molecule has 0 bridgehead atoms. The highest BCUT2D eigenvalue weighted by Gasteiger charge is 2.15. The Balaban J connectivity index is 2.43. The maximum atomic E-state index is 10.8. The first kappa shape index (κ1) is 15.6. The van der Waals surface area contributed by atoms with Crippen molar-refractivity contribution in [2.24, 2.45) is 0 Å². The molecule has 1 rings (SSSR count). The summed E-state index contributed by atoms with van der Waals surface area (Å²) >= 11 is 1.49. The zero-order valence-electron chi connectivity index (χ0n) is 11.1. The number of rotatable bonds is 8. The number of carbonyl (C=O) groups excluding carboxylic acids is 1. The lowest BCUT2D eigenvalue weighted by molar-refractivity contribution is -0.139. The van der Waals surface area contributed by atoms with Gasteiger partial charge in [-0.25, -0.2) is 4.79 Å². The first-order chi connectivity index (χ1) is 9.04. The minimum absolute atomic E-state index is 0.361. The van der Waals surface area contributed by atoms with Crippen LogP contribution in [0.2, 0.25) is 0 Å². The molecule has 0 spiro atoms. The van der Waals surface area contributed by atoms with Gasteiger partial charge in [0, 0.05) is 11.5 Å². The summed E-state index contributed by atoms with van der Waals surface area (Å²) in [6, 6.07) is 7.49. The minimum atomic E-state index is -1.00. The third-order valence-corrected chi connectivity index (χ3v) is 3.87. The van der Waals surface area contributed by atoms with Crippen LogP contribution in [0.4, 0.5) is 0 Å². The van der Waals surface area contributed by atoms with E-state index in [1.54, 1.807) is 0 Å². The predicted molar refractivity (Wildman–Crippen MR) is 77.3 cm³/mol. The van der Waals surface area contributed by atoms with Crippen LogP contribution in [-0.4, -0.2) is 29.3 Å². The Morgan fingerprint density at radius 2 is 2.00 bits per heavy atom. The molecule has 104 valence electrons. The van der Waals surface area contributed by atoms with E-state index in [1.165, 1.54) is 17.3 Å². The zero-order valence-corrected chi connectivity index (χ0v) is 11.9. The number of thioether (sulfide) groups is 1. The number of amides is 1. The maximum Gasteiger partial charge on any atom is 0.327 e. The molecule has 0 aliphatic heterocycles. The summed E-state index contributed by atoms with van der Waals surface area (Å²) in [7, 11) is 0. The van der Waals surface area contributed by atoms with Crippen molar-refractivity contribution in [1.29, 1.82) is 0 Å². The topological polar surface area (TPSA) is 66.4 Å². The number of nitrogens with one attached hydrogen (secondary N) is 1. The number of carboxylic acids is 1. The lowest BCUT2D eigenvalue weighted by Gasteiger charge is -2.11.